The summed E-state index contributed by atoms with van der Waals surface area (Å²) in [6, 6.07) is 4.54. The molecule has 0 saturated carbocycles. The van der Waals surface area contributed by atoms with E-state index in [1.54, 1.807) is 24.4 Å². The van der Waals surface area contributed by atoms with Crippen LogP contribution in [-0.4, -0.2) is 58.3 Å². The summed E-state index contributed by atoms with van der Waals surface area (Å²) in [5, 5.41) is 10.2. The predicted molar refractivity (Wildman–Crippen MR) is 99.1 cm³/mol. The molecule has 2 N–H and O–H groups in total. The van der Waals surface area contributed by atoms with Crippen LogP contribution < -0.4 is 10.0 Å². The lowest BCUT2D eigenvalue weighted by Crippen LogP contribution is -2.52. The van der Waals surface area contributed by atoms with E-state index in [1.165, 1.54) is 9.58 Å². The van der Waals surface area contributed by atoms with Crippen LogP contribution in [0.25, 0.3) is 5.69 Å². The molecule has 2 aromatic rings. The van der Waals surface area contributed by atoms with Gasteiger partial charge >= 0.3 is 0 Å². The first kappa shape index (κ1) is 19.2. The topological polar surface area (TPSA) is 143 Å². The van der Waals surface area contributed by atoms with Crippen LogP contribution in [-0.2, 0) is 32.7 Å². The highest BCUT2D eigenvalue weighted by atomic mass is 32.2. The van der Waals surface area contributed by atoms with E-state index < -0.39 is 22.0 Å². The normalized spacial score (nSPS) is 19.4. The van der Waals surface area contributed by atoms with Gasteiger partial charge in [0.15, 0.2) is 0 Å². The number of aromatic nitrogens is 3. The molecule has 4 rings (SSSR count). The maximum Gasteiger partial charge on any atom is 0.255 e. The molecule has 11 nitrogen and oxygen atoms in total. The van der Waals surface area contributed by atoms with Gasteiger partial charge in [-0.1, -0.05) is 11.3 Å². The molecule has 2 aliphatic heterocycles. The molecule has 29 heavy (non-hydrogen) atoms. The zero-order valence-corrected chi connectivity index (χ0v) is 16.3. The molecule has 0 spiro atoms. The molecular weight excluding hydrogens is 400 g/mol. The summed E-state index contributed by atoms with van der Waals surface area (Å²) in [6.07, 6.45) is 3.12. The molecule has 3 amide bonds. The third-order valence-corrected chi connectivity index (χ3v) is 5.50. The Hall–Kier alpha value is -3.12. The van der Waals surface area contributed by atoms with Crippen molar-refractivity contribution in [2.75, 3.05) is 6.26 Å². The van der Waals surface area contributed by atoms with Gasteiger partial charge in [0.05, 0.1) is 30.4 Å². The van der Waals surface area contributed by atoms with E-state index >= 15 is 0 Å². The van der Waals surface area contributed by atoms with Crippen molar-refractivity contribution in [2.24, 2.45) is 0 Å². The van der Waals surface area contributed by atoms with Gasteiger partial charge in [0, 0.05) is 18.5 Å². The largest absolute Gasteiger partial charge is 0.322 e. The van der Waals surface area contributed by atoms with Gasteiger partial charge < -0.3 is 4.90 Å². The molecule has 152 valence electrons. The number of amides is 3. The minimum absolute atomic E-state index is 0.00595. The van der Waals surface area contributed by atoms with Gasteiger partial charge in [-0.25, -0.2) is 17.8 Å². The number of hydrogen-bond acceptors (Lipinski definition) is 7. The number of piperidine rings is 1. The van der Waals surface area contributed by atoms with Gasteiger partial charge in [-0.15, -0.1) is 5.10 Å². The molecule has 1 aromatic heterocycles. The second kappa shape index (κ2) is 7.04. The Labute approximate surface area is 166 Å². The van der Waals surface area contributed by atoms with E-state index in [4.69, 9.17) is 0 Å². The van der Waals surface area contributed by atoms with Gasteiger partial charge in [-0.05, 0) is 24.1 Å². The lowest BCUT2D eigenvalue weighted by Gasteiger charge is -2.29. The fraction of sp³-hybridized carbons (Fsp3) is 0.353. The molecule has 1 aromatic carbocycles. The van der Waals surface area contributed by atoms with Crippen LogP contribution in [0.2, 0.25) is 0 Å². The number of fused-ring (bicyclic) bond motifs is 1. The standard InChI is InChI=1S/C17H18N6O5S/c1-29(27,28)18-7-11-9-23(21-20-11)12-3-2-10-8-22(17(26)13(10)6-12)14-4-5-15(24)19-16(14)25/h2-3,6,9,14,18H,4-5,7-8H2,1H3,(H,19,24,25). The van der Waals surface area contributed by atoms with Crippen LogP contribution in [0.3, 0.4) is 0 Å². The molecule has 12 heteroatoms. The zero-order valence-electron chi connectivity index (χ0n) is 15.5. The first-order chi connectivity index (χ1) is 13.7. The SMILES string of the molecule is CS(=O)(=O)NCc1cn(-c2ccc3c(c2)C(=O)N(C2CCC(=O)NC2=O)C3)nn1. The molecule has 1 unspecified atom stereocenters. The number of imide groups is 1. The number of benzene rings is 1. The first-order valence-corrected chi connectivity index (χ1v) is 10.7. The fourth-order valence-corrected chi connectivity index (χ4v) is 3.81. The highest BCUT2D eigenvalue weighted by molar-refractivity contribution is 7.88. The number of sulfonamides is 1. The Morgan fingerprint density at radius 3 is 2.79 bits per heavy atom. The second-order valence-corrected chi connectivity index (χ2v) is 8.82. The van der Waals surface area contributed by atoms with Crippen molar-refractivity contribution in [3.8, 4) is 5.69 Å². The summed E-state index contributed by atoms with van der Waals surface area (Å²) < 4.78 is 26.2. The summed E-state index contributed by atoms with van der Waals surface area (Å²) >= 11 is 0. The minimum Gasteiger partial charge on any atom is -0.322 e. The smallest absolute Gasteiger partial charge is 0.255 e. The number of carbonyl (C=O) groups is 3. The van der Waals surface area contributed by atoms with E-state index in [1.807, 2.05) is 0 Å². The third kappa shape index (κ3) is 3.89. The molecule has 2 aliphatic rings. The maximum atomic E-state index is 12.9. The van der Waals surface area contributed by atoms with E-state index in [0.29, 0.717) is 29.9 Å². The lowest BCUT2D eigenvalue weighted by atomic mass is 10.0. The van der Waals surface area contributed by atoms with Crippen molar-refractivity contribution in [1.82, 2.24) is 29.9 Å². The Balaban J connectivity index is 1.53. The van der Waals surface area contributed by atoms with Gasteiger partial charge in [0.1, 0.15) is 6.04 Å². The third-order valence-electron chi connectivity index (χ3n) is 4.83. The van der Waals surface area contributed by atoms with Crippen molar-refractivity contribution in [3.05, 3.63) is 41.2 Å². The molecule has 0 radical (unpaired) electrons. The van der Waals surface area contributed by atoms with Crippen LogP contribution in [0.4, 0.5) is 0 Å². The second-order valence-electron chi connectivity index (χ2n) is 6.99. The maximum absolute atomic E-state index is 12.9. The van der Waals surface area contributed by atoms with E-state index in [0.717, 1.165) is 11.8 Å². The molecule has 1 saturated heterocycles. The average molecular weight is 418 g/mol. The quantitative estimate of drug-likeness (QED) is 0.598. The van der Waals surface area contributed by atoms with Crippen LogP contribution in [0.15, 0.2) is 24.4 Å². The molecule has 3 heterocycles. The number of nitrogens with zero attached hydrogens (tertiary/aromatic N) is 4. The number of rotatable bonds is 5. The average Bonchev–Trinajstić information content (AvgIpc) is 3.25. The Bertz CT molecular complexity index is 1130. The summed E-state index contributed by atoms with van der Waals surface area (Å²) in [4.78, 5) is 37.8. The Morgan fingerprint density at radius 2 is 2.07 bits per heavy atom. The van der Waals surface area contributed by atoms with Crippen molar-refractivity contribution in [3.63, 3.8) is 0 Å². The van der Waals surface area contributed by atoms with Crippen molar-refractivity contribution in [1.29, 1.82) is 0 Å². The number of nitrogens with one attached hydrogen (secondary N) is 2. The molecule has 0 aliphatic carbocycles. The van der Waals surface area contributed by atoms with Crippen LogP contribution >= 0.6 is 0 Å². The highest BCUT2D eigenvalue weighted by Crippen LogP contribution is 2.28. The number of hydrogen-bond donors (Lipinski definition) is 2. The van der Waals surface area contributed by atoms with Gasteiger partial charge in [0.25, 0.3) is 5.91 Å². The van der Waals surface area contributed by atoms with Crippen molar-refractivity contribution < 1.29 is 22.8 Å². The predicted octanol–water partition coefficient (Wildman–Crippen LogP) is -0.922. The molecular formula is C17H18N6O5S. The summed E-state index contributed by atoms with van der Waals surface area (Å²) in [5.41, 5.74) is 2.24. The zero-order chi connectivity index (χ0) is 20.8. The van der Waals surface area contributed by atoms with E-state index in [-0.39, 0.29) is 24.8 Å². The molecule has 1 fully saturated rings. The molecule has 1 atom stereocenters. The fourth-order valence-electron chi connectivity index (χ4n) is 3.40. The van der Waals surface area contributed by atoms with Crippen LogP contribution in [0.1, 0.15) is 34.5 Å². The lowest BCUT2D eigenvalue weighted by molar-refractivity contribution is -0.136. The summed E-state index contributed by atoms with van der Waals surface area (Å²) in [5.74, 6) is -1.07. The van der Waals surface area contributed by atoms with E-state index in [2.05, 4.69) is 20.4 Å². The Morgan fingerprint density at radius 1 is 1.28 bits per heavy atom. The number of carbonyl (C=O) groups excluding carboxylic acids is 3. The van der Waals surface area contributed by atoms with Gasteiger partial charge in [0.2, 0.25) is 21.8 Å². The summed E-state index contributed by atoms with van der Waals surface area (Å²) in [6.45, 7) is 0.299. The van der Waals surface area contributed by atoms with Crippen LogP contribution in [0, 0.1) is 0 Å². The van der Waals surface area contributed by atoms with Crippen molar-refractivity contribution >= 4 is 27.7 Å². The van der Waals surface area contributed by atoms with E-state index in [9.17, 15) is 22.8 Å². The van der Waals surface area contributed by atoms with Crippen LogP contribution in [0.5, 0.6) is 0 Å². The Kier molecular flexibility index (Phi) is 4.67. The minimum atomic E-state index is -3.35. The van der Waals surface area contributed by atoms with Gasteiger partial charge in [-0.2, -0.15) is 0 Å². The van der Waals surface area contributed by atoms with Gasteiger partial charge in [-0.3, -0.25) is 19.7 Å². The monoisotopic (exact) mass is 418 g/mol. The van der Waals surface area contributed by atoms with Crippen molar-refractivity contribution in [2.45, 2.75) is 32.0 Å². The first-order valence-electron chi connectivity index (χ1n) is 8.85. The highest BCUT2D eigenvalue weighted by Gasteiger charge is 2.39. The molecule has 0 bridgehead atoms. The summed E-state index contributed by atoms with van der Waals surface area (Å²) in [7, 11) is -3.35.